The molecule has 2 atom stereocenters. The molecular formula is C20H28N2O. The summed E-state index contributed by atoms with van der Waals surface area (Å²) >= 11 is 0. The number of unbranched alkanes of at least 4 members (excludes halogenated alkanes) is 1. The van der Waals surface area contributed by atoms with Crippen molar-refractivity contribution < 1.29 is 4.79 Å². The van der Waals surface area contributed by atoms with Crippen LogP contribution in [0, 0.1) is 12.8 Å². The first kappa shape index (κ1) is 16.1. The monoisotopic (exact) mass is 312 g/mol. The maximum Gasteiger partial charge on any atom is 0.224 e. The fraction of sp³-hybridized carbons (Fsp3) is 0.550. The van der Waals surface area contributed by atoms with Gasteiger partial charge >= 0.3 is 0 Å². The molecule has 2 unspecified atom stereocenters. The Kier molecular flexibility index (Phi) is 5.04. The second-order valence-electron chi connectivity index (χ2n) is 6.96. The van der Waals surface area contributed by atoms with Crippen molar-refractivity contribution in [3.05, 3.63) is 35.5 Å². The van der Waals surface area contributed by atoms with Crippen LogP contribution in [-0.4, -0.2) is 16.9 Å². The number of amides is 1. The zero-order chi connectivity index (χ0) is 16.2. The van der Waals surface area contributed by atoms with Crippen molar-refractivity contribution in [2.45, 2.75) is 64.8 Å². The maximum absolute atomic E-state index is 12.6. The highest BCUT2D eigenvalue weighted by molar-refractivity contribution is 5.90. The third kappa shape index (κ3) is 3.60. The minimum Gasteiger partial charge on any atom is -0.358 e. The van der Waals surface area contributed by atoms with Gasteiger partial charge in [-0.05, 0) is 43.7 Å². The summed E-state index contributed by atoms with van der Waals surface area (Å²) < 4.78 is 0. The number of benzene rings is 1. The zero-order valence-corrected chi connectivity index (χ0v) is 14.3. The summed E-state index contributed by atoms with van der Waals surface area (Å²) in [5.74, 6) is 0.856. The summed E-state index contributed by atoms with van der Waals surface area (Å²) in [6.45, 7) is 4.30. The molecule has 1 aliphatic carbocycles. The number of hydrogen-bond acceptors (Lipinski definition) is 1. The topological polar surface area (TPSA) is 44.9 Å². The highest BCUT2D eigenvalue weighted by Gasteiger charge is 2.28. The van der Waals surface area contributed by atoms with E-state index in [0.717, 1.165) is 23.2 Å². The Morgan fingerprint density at radius 2 is 2.13 bits per heavy atom. The van der Waals surface area contributed by atoms with Crippen LogP contribution in [-0.2, 0) is 11.2 Å². The van der Waals surface area contributed by atoms with Crippen molar-refractivity contribution in [2.24, 2.45) is 5.92 Å². The van der Waals surface area contributed by atoms with Crippen LogP contribution in [0.2, 0.25) is 0 Å². The van der Waals surface area contributed by atoms with Crippen molar-refractivity contribution in [2.75, 3.05) is 0 Å². The summed E-state index contributed by atoms with van der Waals surface area (Å²) in [6.07, 6.45) is 7.93. The van der Waals surface area contributed by atoms with Gasteiger partial charge in [-0.25, -0.2) is 0 Å². The van der Waals surface area contributed by atoms with Crippen LogP contribution in [0.4, 0.5) is 0 Å². The van der Waals surface area contributed by atoms with Crippen LogP contribution < -0.4 is 5.32 Å². The molecule has 1 amide bonds. The molecule has 1 aromatic carbocycles. The number of aromatic amines is 1. The van der Waals surface area contributed by atoms with Crippen LogP contribution in [0.5, 0.6) is 0 Å². The first-order chi connectivity index (χ1) is 11.2. The molecule has 0 spiro atoms. The van der Waals surface area contributed by atoms with E-state index in [9.17, 15) is 4.79 Å². The molecule has 1 fully saturated rings. The molecule has 1 aliphatic rings. The van der Waals surface area contributed by atoms with Gasteiger partial charge in [0.1, 0.15) is 0 Å². The Hall–Kier alpha value is -1.77. The minimum absolute atomic E-state index is 0.172. The third-order valence-electron chi connectivity index (χ3n) is 5.30. The van der Waals surface area contributed by atoms with E-state index in [0.29, 0.717) is 18.4 Å². The summed E-state index contributed by atoms with van der Waals surface area (Å²) in [6, 6.07) is 8.62. The normalized spacial score (nSPS) is 21.0. The molecule has 0 aliphatic heterocycles. The Labute approximate surface area is 138 Å². The molecule has 1 saturated carbocycles. The Morgan fingerprint density at radius 1 is 1.30 bits per heavy atom. The highest BCUT2D eigenvalue weighted by Crippen LogP contribution is 2.30. The van der Waals surface area contributed by atoms with Crippen molar-refractivity contribution >= 4 is 16.8 Å². The van der Waals surface area contributed by atoms with E-state index < -0.39 is 0 Å². The lowest BCUT2D eigenvalue weighted by Crippen LogP contribution is -2.38. The van der Waals surface area contributed by atoms with Gasteiger partial charge in [-0.2, -0.15) is 0 Å². The second-order valence-corrected chi connectivity index (χ2v) is 6.96. The standard InChI is InChI=1S/C20H28N2O/c1-3-4-8-15-9-7-12-18(15)22-20(23)13-17-14(2)21-19-11-6-5-10-16(17)19/h5-6,10-11,15,18,21H,3-4,7-9,12-13H2,1-2H3,(H,22,23). The van der Waals surface area contributed by atoms with E-state index in [1.54, 1.807) is 0 Å². The summed E-state index contributed by atoms with van der Waals surface area (Å²) in [4.78, 5) is 15.9. The van der Waals surface area contributed by atoms with Crippen molar-refractivity contribution in [3.8, 4) is 0 Å². The smallest absolute Gasteiger partial charge is 0.224 e. The molecule has 3 heteroatoms. The van der Waals surface area contributed by atoms with Crippen LogP contribution in [0.3, 0.4) is 0 Å². The average Bonchev–Trinajstić information content (AvgIpc) is 3.10. The van der Waals surface area contributed by atoms with Gasteiger partial charge in [-0.15, -0.1) is 0 Å². The SMILES string of the molecule is CCCCC1CCCC1NC(=O)Cc1c(C)[nH]c2ccccc12. The Balaban J connectivity index is 1.65. The average molecular weight is 312 g/mol. The molecule has 3 nitrogen and oxygen atoms in total. The Bertz CT molecular complexity index is 673. The number of para-hydroxylation sites is 1. The lowest BCUT2D eigenvalue weighted by molar-refractivity contribution is -0.121. The van der Waals surface area contributed by atoms with Crippen LogP contribution in [0.25, 0.3) is 10.9 Å². The fourth-order valence-electron chi connectivity index (χ4n) is 4.02. The molecule has 3 rings (SSSR count). The second kappa shape index (κ2) is 7.20. The maximum atomic E-state index is 12.6. The number of aromatic nitrogens is 1. The number of fused-ring (bicyclic) bond motifs is 1. The minimum atomic E-state index is 0.172. The van der Waals surface area contributed by atoms with Gasteiger partial charge in [0.25, 0.3) is 0 Å². The molecule has 0 radical (unpaired) electrons. The molecule has 1 aromatic heterocycles. The summed E-state index contributed by atoms with van der Waals surface area (Å²) in [5.41, 5.74) is 3.37. The number of nitrogens with one attached hydrogen (secondary N) is 2. The van der Waals surface area contributed by atoms with Crippen molar-refractivity contribution in [1.29, 1.82) is 0 Å². The number of carbonyl (C=O) groups excluding carboxylic acids is 1. The van der Waals surface area contributed by atoms with Crippen LogP contribution in [0.15, 0.2) is 24.3 Å². The van der Waals surface area contributed by atoms with E-state index in [4.69, 9.17) is 0 Å². The van der Waals surface area contributed by atoms with Gasteiger partial charge < -0.3 is 10.3 Å². The largest absolute Gasteiger partial charge is 0.358 e. The van der Waals surface area contributed by atoms with Gasteiger partial charge in [0.15, 0.2) is 0 Å². The predicted molar refractivity (Wildman–Crippen MR) is 95.5 cm³/mol. The molecule has 0 bridgehead atoms. The zero-order valence-electron chi connectivity index (χ0n) is 14.3. The van der Waals surface area contributed by atoms with E-state index in [-0.39, 0.29) is 5.91 Å². The quantitative estimate of drug-likeness (QED) is 0.811. The molecule has 1 heterocycles. The molecule has 2 aromatic rings. The first-order valence-electron chi connectivity index (χ1n) is 9.04. The van der Waals surface area contributed by atoms with Gasteiger partial charge in [-0.1, -0.05) is 44.4 Å². The molecule has 23 heavy (non-hydrogen) atoms. The molecule has 2 N–H and O–H groups in total. The summed E-state index contributed by atoms with van der Waals surface area (Å²) in [7, 11) is 0. The lowest BCUT2D eigenvalue weighted by Gasteiger charge is -2.21. The van der Waals surface area contributed by atoms with Crippen LogP contribution in [0.1, 0.15) is 56.7 Å². The third-order valence-corrected chi connectivity index (χ3v) is 5.30. The van der Waals surface area contributed by atoms with Crippen molar-refractivity contribution in [3.63, 3.8) is 0 Å². The van der Waals surface area contributed by atoms with Crippen molar-refractivity contribution in [1.82, 2.24) is 10.3 Å². The number of carbonyl (C=O) groups is 1. The fourth-order valence-corrected chi connectivity index (χ4v) is 4.02. The molecular weight excluding hydrogens is 284 g/mol. The van der Waals surface area contributed by atoms with Crippen LogP contribution >= 0.6 is 0 Å². The van der Waals surface area contributed by atoms with Gasteiger partial charge in [0.2, 0.25) is 5.91 Å². The number of H-pyrrole nitrogens is 1. The van der Waals surface area contributed by atoms with Gasteiger partial charge in [0, 0.05) is 22.6 Å². The first-order valence-corrected chi connectivity index (χ1v) is 9.04. The summed E-state index contributed by atoms with van der Waals surface area (Å²) in [5, 5.41) is 4.49. The lowest BCUT2D eigenvalue weighted by atomic mass is 9.96. The Morgan fingerprint density at radius 3 is 2.96 bits per heavy atom. The van der Waals surface area contributed by atoms with E-state index in [1.807, 2.05) is 12.1 Å². The van der Waals surface area contributed by atoms with Gasteiger partial charge in [-0.3, -0.25) is 4.79 Å². The number of aryl methyl sites for hydroxylation is 1. The van der Waals surface area contributed by atoms with Gasteiger partial charge in [0.05, 0.1) is 6.42 Å². The van der Waals surface area contributed by atoms with E-state index in [1.165, 1.54) is 37.5 Å². The highest BCUT2D eigenvalue weighted by atomic mass is 16.1. The predicted octanol–water partition coefficient (Wildman–Crippen LogP) is 4.49. The molecule has 0 saturated heterocycles. The van der Waals surface area contributed by atoms with E-state index in [2.05, 4.69) is 36.3 Å². The number of rotatable bonds is 6. The molecule has 124 valence electrons. The van der Waals surface area contributed by atoms with E-state index >= 15 is 0 Å². The number of hydrogen-bond donors (Lipinski definition) is 2.